The van der Waals surface area contributed by atoms with Gasteiger partial charge in [-0.05, 0) is 12.8 Å². The molecule has 1 nitrogen and oxygen atoms in total. The fourth-order valence-corrected chi connectivity index (χ4v) is 1.05. The zero-order chi connectivity index (χ0) is 8.36. The predicted octanol–water partition coefficient (Wildman–Crippen LogP) is 3.33. The van der Waals surface area contributed by atoms with Gasteiger partial charge in [-0.25, -0.2) is 5.11 Å². The molecule has 0 saturated carbocycles. The first-order valence-electron chi connectivity index (χ1n) is 4.65. The summed E-state index contributed by atoms with van der Waals surface area (Å²) in [7, 11) is 0. The maximum absolute atomic E-state index is 9.98. The number of hydrogen-bond acceptors (Lipinski definition) is 0. The van der Waals surface area contributed by atoms with Crippen LogP contribution in [-0.2, 0) is 5.11 Å². The van der Waals surface area contributed by atoms with Crippen LogP contribution in [0.25, 0.3) is 0 Å². The molecule has 1 radical (unpaired) electrons. The average molecular weight is 155 g/mol. The highest BCUT2D eigenvalue weighted by Crippen LogP contribution is 2.04. The van der Waals surface area contributed by atoms with E-state index in [4.69, 9.17) is 0 Å². The van der Waals surface area contributed by atoms with Crippen LogP contribution in [0, 0.1) is 0 Å². The highest BCUT2D eigenvalue weighted by Gasteiger charge is 1.85. The monoisotopic (exact) mass is 155 g/mol. The zero-order valence-corrected chi connectivity index (χ0v) is 7.51. The number of allylic oxidation sites excluding steroid dienone is 1. The molecule has 0 aliphatic rings. The molecule has 0 heterocycles. The topological polar surface area (TPSA) is 19.9 Å². The third-order valence-corrected chi connectivity index (χ3v) is 1.74. The van der Waals surface area contributed by atoms with Crippen molar-refractivity contribution in [2.75, 3.05) is 6.61 Å². The van der Waals surface area contributed by atoms with Gasteiger partial charge in [0.05, 0.1) is 0 Å². The van der Waals surface area contributed by atoms with Crippen LogP contribution in [0.1, 0.15) is 45.4 Å². The minimum Gasteiger partial charge on any atom is -0.232 e. The molecule has 0 aromatic heterocycles. The molecule has 1 heteroatoms. The second-order valence-corrected chi connectivity index (χ2v) is 2.84. The van der Waals surface area contributed by atoms with Gasteiger partial charge in [-0.2, -0.15) is 0 Å². The lowest BCUT2D eigenvalue weighted by atomic mass is 10.1. The van der Waals surface area contributed by atoms with E-state index in [2.05, 4.69) is 6.92 Å². The van der Waals surface area contributed by atoms with Gasteiger partial charge in [0, 0.05) is 0 Å². The van der Waals surface area contributed by atoms with E-state index in [0.29, 0.717) is 0 Å². The Bertz CT molecular complexity index is 86.9. The van der Waals surface area contributed by atoms with Gasteiger partial charge in [0.15, 0.2) is 0 Å². The summed E-state index contributed by atoms with van der Waals surface area (Å²) in [6, 6.07) is 0. The SMILES string of the molecule is CCCCCCCC=CC[O]. The second-order valence-electron chi connectivity index (χ2n) is 2.84. The van der Waals surface area contributed by atoms with Crippen molar-refractivity contribution in [2.45, 2.75) is 45.4 Å². The molecule has 0 aromatic carbocycles. The third kappa shape index (κ3) is 9.70. The minimum absolute atomic E-state index is 0.0606. The highest BCUT2D eigenvalue weighted by molar-refractivity contribution is 4.80. The lowest BCUT2D eigenvalue weighted by molar-refractivity contribution is 0.232. The Kier molecular flexibility index (Phi) is 9.44. The number of hydrogen-bond donors (Lipinski definition) is 0. The van der Waals surface area contributed by atoms with Crippen molar-refractivity contribution in [1.29, 1.82) is 0 Å². The smallest absolute Gasteiger partial charge is 0.100 e. The van der Waals surface area contributed by atoms with Gasteiger partial charge in [0.2, 0.25) is 0 Å². The molecule has 0 aliphatic carbocycles. The molecule has 0 spiro atoms. The van der Waals surface area contributed by atoms with Crippen LogP contribution in [-0.4, -0.2) is 6.61 Å². The van der Waals surface area contributed by atoms with E-state index in [0.717, 1.165) is 6.42 Å². The molecule has 0 atom stereocenters. The first-order valence-corrected chi connectivity index (χ1v) is 4.65. The molecule has 0 N–H and O–H groups in total. The first kappa shape index (κ1) is 10.7. The Morgan fingerprint density at radius 3 is 2.36 bits per heavy atom. The second kappa shape index (κ2) is 9.70. The molecule has 0 aliphatic heterocycles. The van der Waals surface area contributed by atoms with Crippen LogP contribution in [0.15, 0.2) is 12.2 Å². The van der Waals surface area contributed by atoms with Crippen LogP contribution in [0.5, 0.6) is 0 Å². The Balaban J connectivity index is 2.85. The van der Waals surface area contributed by atoms with E-state index in [1.165, 1.54) is 32.1 Å². The third-order valence-electron chi connectivity index (χ3n) is 1.74. The number of unbranched alkanes of at least 4 members (excludes halogenated alkanes) is 5. The van der Waals surface area contributed by atoms with Gasteiger partial charge < -0.3 is 0 Å². The molecule has 0 rings (SSSR count). The summed E-state index contributed by atoms with van der Waals surface area (Å²) >= 11 is 0. The first-order chi connectivity index (χ1) is 5.41. The Hall–Kier alpha value is -0.300. The van der Waals surface area contributed by atoms with E-state index in [1.807, 2.05) is 6.08 Å². The standard InChI is InChI=1S/C10H19O/c1-2-3-4-5-6-7-8-9-10-11/h8-9H,2-7,10H2,1H3. The van der Waals surface area contributed by atoms with Gasteiger partial charge in [-0.3, -0.25) is 0 Å². The molecule has 0 aromatic rings. The molecule has 0 amide bonds. The molecule has 0 fully saturated rings. The van der Waals surface area contributed by atoms with Crippen LogP contribution in [0.4, 0.5) is 0 Å². The summed E-state index contributed by atoms with van der Waals surface area (Å²) in [5.74, 6) is 0. The van der Waals surface area contributed by atoms with Crippen LogP contribution in [0.3, 0.4) is 0 Å². The molecule has 0 unspecified atom stereocenters. The van der Waals surface area contributed by atoms with Gasteiger partial charge in [-0.1, -0.05) is 44.8 Å². The molecule has 11 heavy (non-hydrogen) atoms. The molecular weight excluding hydrogens is 136 g/mol. The highest BCUT2D eigenvalue weighted by atomic mass is 16.2. The lowest BCUT2D eigenvalue weighted by Gasteiger charge is -1.95. The van der Waals surface area contributed by atoms with E-state index in [1.54, 1.807) is 6.08 Å². The van der Waals surface area contributed by atoms with Gasteiger partial charge in [0.25, 0.3) is 0 Å². The fraction of sp³-hybridized carbons (Fsp3) is 0.800. The maximum atomic E-state index is 9.98. The summed E-state index contributed by atoms with van der Waals surface area (Å²) in [5, 5.41) is 9.98. The van der Waals surface area contributed by atoms with Crippen molar-refractivity contribution in [2.24, 2.45) is 0 Å². The lowest BCUT2D eigenvalue weighted by Crippen LogP contribution is -1.76. The van der Waals surface area contributed by atoms with E-state index in [9.17, 15) is 5.11 Å². The quantitative estimate of drug-likeness (QED) is 0.397. The molecule has 0 bridgehead atoms. The van der Waals surface area contributed by atoms with Gasteiger partial charge in [0.1, 0.15) is 6.61 Å². The van der Waals surface area contributed by atoms with Crippen LogP contribution < -0.4 is 0 Å². The Labute approximate surface area is 70.1 Å². The average Bonchev–Trinajstić information content (AvgIpc) is 2.03. The van der Waals surface area contributed by atoms with Crippen LogP contribution in [0.2, 0.25) is 0 Å². The largest absolute Gasteiger partial charge is 0.232 e. The van der Waals surface area contributed by atoms with Crippen molar-refractivity contribution in [3.63, 3.8) is 0 Å². The Morgan fingerprint density at radius 1 is 1.00 bits per heavy atom. The number of rotatable bonds is 7. The van der Waals surface area contributed by atoms with Crippen molar-refractivity contribution in [3.05, 3.63) is 12.2 Å². The van der Waals surface area contributed by atoms with Gasteiger partial charge >= 0.3 is 0 Å². The molecule has 0 saturated heterocycles. The summed E-state index contributed by atoms with van der Waals surface area (Å²) in [6.45, 7) is 2.16. The summed E-state index contributed by atoms with van der Waals surface area (Å²) in [6.07, 6.45) is 11.4. The van der Waals surface area contributed by atoms with E-state index in [-0.39, 0.29) is 6.61 Å². The van der Waals surface area contributed by atoms with Crippen molar-refractivity contribution < 1.29 is 5.11 Å². The molecular formula is C10H19O. The summed E-state index contributed by atoms with van der Waals surface area (Å²) < 4.78 is 0. The normalized spacial score (nSPS) is 11.1. The Morgan fingerprint density at radius 2 is 1.73 bits per heavy atom. The van der Waals surface area contributed by atoms with Crippen molar-refractivity contribution >= 4 is 0 Å². The predicted molar refractivity (Wildman–Crippen MR) is 48.1 cm³/mol. The van der Waals surface area contributed by atoms with Crippen molar-refractivity contribution in [1.82, 2.24) is 0 Å². The minimum atomic E-state index is -0.0606. The van der Waals surface area contributed by atoms with Crippen LogP contribution >= 0.6 is 0 Å². The summed E-state index contributed by atoms with van der Waals surface area (Å²) in [5.41, 5.74) is 0. The fourth-order valence-electron chi connectivity index (χ4n) is 1.05. The van der Waals surface area contributed by atoms with E-state index < -0.39 is 0 Å². The van der Waals surface area contributed by atoms with E-state index >= 15 is 0 Å². The maximum Gasteiger partial charge on any atom is 0.100 e. The molecule has 65 valence electrons. The zero-order valence-electron chi connectivity index (χ0n) is 7.51. The summed E-state index contributed by atoms with van der Waals surface area (Å²) in [4.78, 5) is 0. The van der Waals surface area contributed by atoms with Gasteiger partial charge in [-0.15, -0.1) is 0 Å². The van der Waals surface area contributed by atoms with Crippen molar-refractivity contribution in [3.8, 4) is 0 Å².